The number of rotatable bonds is 10. The highest BCUT2D eigenvalue weighted by molar-refractivity contribution is 7.92. The second kappa shape index (κ2) is 12.0. The Kier molecular flexibility index (Phi) is 9.24. The number of hydrogen-bond acceptors (Lipinski definition) is 6. The number of sulfonamides is 1. The fourth-order valence-electron chi connectivity index (χ4n) is 4.07. The predicted octanol–water partition coefficient (Wildman–Crippen LogP) is 3.48. The van der Waals surface area contributed by atoms with Gasteiger partial charge in [-0.25, -0.2) is 12.8 Å². The molecule has 2 aromatic rings. The van der Waals surface area contributed by atoms with Gasteiger partial charge in [-0.1, -0.05) is 19.1 Å². The summed E-state index contributed by atoms with van der Waals surface area (Å²) in [5.74, 6) is -0.728. The van der Waals surface area contributed by atoms with E-state index < -0.39 is 39.9 Å². The number of anilines is 1. The van der Waals surface area contributed by atoms with E-state index in [2.05, 4.69) is 5.32 Å². The molecule has 0 radical (unpaired) electrons. The van der Waals surface area contributed by atoms with Gasteiger partial charge >= 0.3 is 0 Å². The van der Waals surface area contributed by atoms with Crippen LogP contribution in [0.15, 0.2) is 42.5 Å². The fraction of sp³-hybridized carbons (Fsp3) is 0.481. The van der Waals surface area contributed by atoms with E-state index in [0.29, 0.717) is 36.7 Å². The molecule has 0 bridgehead atoms. The molecule has 2 amide bonds. The highest BCUT2D eigenvalue weighted by Gasteiger charge is 2.34. The van der Waals surface area contributed by atoms with Crippen LogP contribution in [0.4, 0.5) is 10.1 Å². The minimum Gasteiger partial charge on any atom is -0.486 e. The van der Waals surface area contributed by atoms with E-state index in [9.17, 15) is 22.4 Å². The van der Waals surface area contributed by atoms with Gasteiger partial charge < -0.3 is 19.7 Å². The Morgan fingerprint density at radius 3 is 2.24 bits per heavy atom. The number of ether oxygens (including phenoxy) is 2. The van der Waals surface area contributed by atoms with Gasteiger partial charge in [-0.05, 0) is 63.9 Å². The van der Waals surface area contributed by atoms with Gasteiger partial charge in [0, 0.05) is 18.2 Å². The van der Waals surface area contributed by atoms with Gasteiger partial charge in [0.15, 0.2) is 11.5 Å². The Hall–Kier alpha value is -3.34. The van der Waals surface area contributed by atoms with E-state index in [1.165, 1.54) is 42.2 Å². The second-order valence-corrected chi connectivity index (χ2v) is 12.2. The van der Waals surface area contributed by atoms with Crippen molar-refractivity contribution in [2.75, 3.05) is 29.8 Å². The van der Waals surface area contributed by atoms with Gasteiger partial charge in [-0.2, -0.15) is 0 Å². The predicted molar refractivity (Wildman–Crippen MR) is 143 cm³/mol. The van der Waals surface area contributed by atoms with Gasteiger partial charge in [0.1, 0.15) is 31.6 Å². The molecule has 0 saturated carbocycles. The highest BCUT2D eigenvalue weighted by Crippen LogP contribution is 2.35. The minimum atomic E-state index is -3.89. The lowest BCUT2D eigenvalue weighted by molar-refractivity contribution is -0.141. The monoisotopic (exact) mass is 549 g/mol. The molecule has 1 aliphatic rings. The standard InChI is InChI=1S/C27H36FN3O6S/c1-6-22(26(33)29-27(3,4)5)30(17-19-8-10-20(28)11-9-19)25(32)18-31(38(34,35)7-2)21-12-13-23-24(16-21)37-15-14-36-23/h8-13,16,22H,6-7,14-15,17-18H2,1-5H3,(H,29,33)/t22-/m1/s1. The molecule has 0 saturated heterocycles. The molecule has 1 atom stereocenters. The van der Waals surface area contributed by atoms with Crippen LogP contribution in [0.5, 0.6) is 11.5 Å². The largest absolute Gasteiger partial charge is 0.486 e. The molecular formula is C27H36FN3O6S. The zero-order chi connectivity index (χ0) is 28.1. The smallest absolute Gasteiger partial charge is 0.244 e. The summed E-state index contributed by atoms with van der Waals surface area (Å²) in [5.41, 5.74) is 0.307. The third kappa shape index (κ3) is 7.37. The van der Waals surface area contributed by atoms with E-state index in [4.69, 9.17) is 9.47 Å². The number of benzene rings is 2. The van der Waals surface area contributed by atoms with Crippen LogP contribution >= 0.6 is 0 Å². The zero-order valence-electron chi connectivity index (χ0n) is 22.5. The molecule has 2 aromatic carbocycles. The summed E-state index contributed by atoms with van der Waals surface area (Å²) in [4.78, 5) is 28.4. The zero-order valence-corrected chi connectivity index (χ0v) is 23.3. The first-order chi connectivity index (χ1) is 17.8. The maximum Gasteiger partial charge on any atom is 0.244 e. The van der Waals surface area contributed by atoms with Gasteiger partial charge in [0.25, 0.3) is 0 Å². The van der Waals surface area contributed by atoms with Gasteiger partial charge in [0.2, 0.25) is 21.8 Å². The summed E-state index contributed by atoms with van der Waals surface area (Å²) in [6.45, 7) is 8.94. The lowest BCUT2D eigenvalue weighted by Crippen LogP contribution is -2.55. The van der Waals surface area contributed by atoms with Crippen LogP contribution in [0.25, 0.3) is 0 Å². The van der Waals surface area contributed by atoms with Crippen molar-refractivity contribution in [3.63, 3.8) is 0 Å². The summed E-state index contributed by atoms with van der Waals surface area (Å²) < 4.78 is 52.0. The van der Waals surface area contributed by atoms with Gasteiger partial charge in [0.05, 0.1) is 11.4 Å². The molecule has 38 heavy (non-hydrogen) atoms. The Morgan fingerprint density at radius 2 is 1.66 bits per heavy atom. The Morgan fingerprint density at radius 1 is 1.03 bits per heavy atom. The average molecular weight is 550 g/mol. The van der Waals surface area contributed by atoms with Crippen molar-refractivity contribution in [1.82, 2.24) is 10.2 Å². The van der Waals surface area contributed by atoms with E-state index in [0.717, 1.165) is 4.31 Å². The summed E-state index contributed by atoms with van der Waals surface area (Å²) >= 11 is 0. The third-order valence-electron chi connectivity index (χ3n) is 5.94. The molecule has 0 spiro atoms. The molecule has 208 valence electrons. The molecule has 1 N–H and O–H groups in total. The molecule has 0 fully saturated rings. The Labute approximate surface area is 224 Å². The minimum absolute atomic E-state index is 0.00364. The number of nitrogens with zero attached hydrogens (tertiary/aromatic N) is 2. The number of carbonyl (C=O) groups is 2. The van der Waals surface area contributed by atoms with Crippen molar-refractivity contribution in [2.24, 2.45) is 0 Å². The topological polar surface area (TPSA) is 105 Å². The van der Waals surface area contributed by atoms with Crippen LogP contribution in [0.2, 0.25) is 0 Å². The third-order valence-corrected chi connectivity index (χ3v) is 7.68. The number of amides is 2. The molecule has 9 nitrogen and oxygen atoms in total. The number of hydrogen-bond donors (Lipinski definition) is 1. The summed E-state index contributed by atoms with van der Waals surface area (Å²) in [5, 5.41) is 2.91. The van der Waals surface area contributed by atoms with Crippen molar-refractivity contribution in [3.8, 4) is 11.5 Å². The lowest BCUT2D eigenvalue weighted by atomic mass is 10.1. The van der Waals surface area contributed by atoms with Gasteiger partial charge in [-0.15, -0.1) is 0 Å². The number of carbonyl (C=O) groups excluding carboxylic acids is 2. The molecule has 0 unspecified atom stereocenters. The highest BCUT2D eigenvalue weighted by atomic mass is 32.2. The van der Waals surface area contributed by atoms with Crippen LogP contribution in [-0.4, -0.2) is 62.2 Å². The van der Waals surface area contributed by atoms with Gasteiger partial charge in [-0.3, -0.25) is 13.9 Å². The fourth-order valence-corrected chi connectivity index (χ4v) is 5.12. The van der Waals surface area contributed by atoms with E-state index >= 15 is 0 Å². The SMILES string of the molecule is CC[C@H](C(=O)NC(C)(C)C)N(Cc1ccc(F)cc1)C(=O)CN(c1ccc2c(c1)OCCO2)S(=O)(=O)CC. The molecule has 1 aliphatic heterocycles. The van der Waals surface area contributed by atoms with Crippen molar-refractivity contribution >= 4 is 27.5 Å². The van der Waals surface area contributed by atoms with Crippen LogP contribution in [-0.2, 0) is 26.2 Å². The van der Waals surface area contributed by atoms with Crippen LogP contribution in [0.1, 0.15) is 46.6 Å². The Bertz CT molecular complexity index is 1240. The molecule has 3 rings (SSSR count). The molecular weight excluding hydrogens is 513 g/mol. The quantitative estimate of drug-likeness (QED) is 0.487. The van der Waals surface area contributed by atoms with Crippen LogP contribution < -0.4 is 19.1 Å². The van der Waals surface area contributed by atoms with Crippen molar-refractivity contribution in [3.05, 3.63) is 53.8 Å². The lowest BCUT2D eigenvalue weighted by Gasteiger charge is -2.34. The van der Waals surface area contributed by atoms with E-state index in [1.807, 2.05) is 20.8 Å². The average Bonchev–Trinajstić information content (AvgIpc) is 2.86. The maximum atomic E-state index is 13.8. The molecule has 0 aliphatic carbocycles. The molecule has 11 heteroatoms. The van der Waals surface area contributed by atoms with E-state index in [-0.39, 0.29) is 23.9 Å². The molecule has 1 heterocycles. The summed E-state index contributed by atoms with van der Waals surface area (Å²) in [6, 6.07) is 9.43. The first-order valence-electron chi connectivity index (χ1n) is 12.6. The van der Waals surface area contributed by atoms with Crippen molar-refractivity contribution in [2.45, 2.75) is 59.2 Å². The van der Waals surface area contributed by atoms with Crippen molar-refractivity contribution < 1.29 is 31.9 Å². The van der Waals surface area contributed by atoms with Crippen LogP contribution in [0, 0.1) is 5.82 Å². The summed E-state index contributed by atoms with van der Waals surface area (Å²) in [7, 11) is -3.89. The first kappa shape index (κ1) is 29.2. The van der Waals surface area contributed by atoms with Crippen LogP contribution in [0.3, 0.4) is 0 Å². The van der Waals surface area contributed by atoms with Crippen molar-refractivity contribution in [1.29, 1.82) is 0 Å². The second-order valence-electron chi connectivity index (χ2n) is 10.0. The Balaban J connectivity index is 1.99. The van der Waals surface area contributed by atoms with E-state index in [1.54, 1.807) is 19.1 Å². The number of nitrogens with one attached hydrogen (secondary N) is 1. The maximum absolute atomic E-state index is 13.8. The number of halogens is 1. The summed E-state index contributed by atoms with van der Waals surface area (Å²) in [6.07, 6.45) is 0.291. The first-order valence-corrected chi connectivity index (χ1v) is 14.2. The normalized spacial score (nSPS) is 13.9. The molecule has 0 aromatic heterocycles. The number of fused-ring (bicyclic) bond motifs is 1.